The minimum atomic E-state index is -0.378. The van der Waals surface area contributed by atoms with E-state index in [1.165, 1.54) is 18.4 Å². The van der Waals surface area contributed by atoms with Crippen LogP contribution in [0.15, 0.2) is 34.4 Å². The SMILES string of the molecule is CCN1C(=O)COc2cc(-c3noc(C(=O)NCCC4=CCCCC4)n3)ccc21. The lowest BCUT2D eigenvalue weighted by Gasteiger charge is -2.28. The summed E-state index contributed by atoms with van der Waals surface area (Å²) in [5.41, 5.74) is 2.77. The van der Waals surface area contributed by atoms with Crippen molar-refractivity contribution < 1.29 is 18.8 Å². The summed E-state index contributed by atoms with van der Waals surface area (Å²) in [5.74, 6) is 0.367. The fraction of sp³-hybridized carbons (Fsp3) is 0.429. The second-order valence-electron chi connectivity index (χ2n) is 7.15. The number of amides is 2. The first kappa shape index (κ1) is 19.2. The molecule has 0 spiro atoms. The monoisotopic (exact) mass is 396 g/mol. The summed E-state index contributed by atoms with van der Waals surface area (Å²) in [7, 11) is 0. The molecule has 8 nitrogen and oxygen atoms in total. The predicted octanol–water partition coefficient (Wildman–Crippen LogP) is 3.10. The number of hydrogen-bond acceptors (Lipinski definition) is 6. The van der Waals surface area contributed by atoms with Crippen LogP contribution >= 0.6 is 0 Å². The van der Waals surface area contributed by atoms with Gasteiger partial charge in [-0.05, 0) is 57.2 Å². The van der Waals surface area contributed by atoms with Crippen LogP contribution in [0.3, 0.4) is 0 Å². The summed E-state index contributed by atoms with van der Waals surface area (Å²) in [6.07, 6.45) is 7.84. The predicted molar refractivity (Wildman–Crippen MR) is 107 cm³/mol. The number of aromatic nitrogens is 2. The van der Waals surface area contributed by atoms with Gasteiger partial charge < -0.3 is 19.5 Å². The van der Waals surface area contributed by atoms with Crippen molar-refractivity contribution in [2.75, 3.05) is 24.6 Å². The van der Waals surface area contributed by atoms with Gasteiger partial charge in [-0.25, -0.2) is 0 Å². The third-order valence-corrected chi connectivity index (χ3v) is 5.21. The Kier molecular flexibility index (Phi) is 5.59. The summed E-state index contributed by atoms with van der Waals surface area (Å²) >= 11 is 0. The normalized spacial score (nSPS) is 16.1. The number of carbonyl (C=O) groups is 2. The highest BCUT2D eigenvalue weighted by atomic mass is 16.5. The Morgan fingerprint density at radius 2 is 2.21 bits per heavy atom. The summed E-state index contributed by atoms with van der Waals surface area (Å²) < 4.78 is 10.7. The Hall–Kier alpha value is -3.16. The molecule has 4 rings (SSSR count). The van der Waals surface area contributed by atoms with Gasteiger partial charge in [0.05, 0.1) is 5.69 Å². The summed E-state index contributed by atoms with van der Waals surface area (Å²) in [6.45, 7) is 3.03. The lowest BCUT2D eigenvalue weighted by Crippen LogP contribution is -2.38. The van der Waals surface area contributed by atoms with Crippen LogP contribution in [0.2, 0.25) is 0 Å². The van der Waals surface area contributed by atoms with Crippen LogP contribution in [0.4, 0.5) is 5.69 Å². The van der Waals surface area contributed by atoms with E-state index in [1.54, 1.807) is 23.1 Å². The Morgan fingerprint density at radius 3 is 3.00 bits per heavy atom. The zero-order chi connectivity index (χ0) is 20.2. The largest absolute Gasteiger partial charge is 0.482 e. The number of likely N-dealkylation sites (N-methyl/N-ethyl adjacent to an activating group) is 1. The molecule has 0 unspecified atom stereocenters. The zero-order valence-corrected chi connectivity index (χ0v) is 16.4. The maximum absolute atomic E-state index is 12.3. The molecule has 2 heterocycles. The van der Waals surface area contributed by atoms with Crippen LogP contribution in [-0.4, -0.2) is 41.7 Å². The van der Waals surface area contributed by atoms with Crippen LogP contribution in [0, 0.1) is 0 Å². The first-order valence-corrected chi connectivity index (χ1v) is 10.0. The van der Waals surface area contributed by atoms with Crippen molar-refractivity contribution in [2.24, 2.45) is 0 Å². The molecule has 0 saturated carbocycles. The molecule has 1 aliphatic carbocycles. The van der Waals surface area contributed by atoms with Crippen molar-refractivity contribution in [3.8, 4) is 17.1 Å². The average Bonchev–Trinajstić information content (AvgIpc) is 3.24. The van der Waals surface area contributed by atoms with Gasteiger partial charge in [0.15, 0.2) is 6.61 Å². The van der Waals surface area contributed by atoms with Gasteiger partial charge in [0.2, 0.25) is 5.82 Å². The summed E-state index contributed by atoms with van der Waals surface area (Å²) in [4.78, 5) is 30.1. The molecule has 0 fully saturated rings. The van der Waals surface area contributed by atoms with Crippen LogP contribution in [-0.2, 0) is 4.79 Å². The molecule has 0 radical (unpaired) electrons. The number of hydrogen-bond donors (Lipinski definition) is 1. The number of allylic oxidation sites excluding steroid dienone is 1. The highest BCUT2D eigenvalue weighted by molar-refractivity contribution is 5.98. The van der Waals surface area contributed by atoms with Gasteiger partial charge in [-0.15, -0.1) is 0 Å². The zero-order valence-electron chi connectivity index (χ0n) is 16.4. The number of ether oxygens (including phenoxy) is 1. The fourth-order valence-electron chi connectivity index (χ4n) is 3.67. The lowest BCUT2D eigenvalue weighted by atomic mass is 9.97. The highest BCUT2D eigenvalue weighted by Gasteiger charge is 2.25. The minimum absolute atomic E-state index is 0.000623. The molecule has 0 bridgehead atoms. The van der Waals surface area contributed by atoms with Gasteiger partial charge in [-0.1, -0.05) is 16.8 Å². The second kappa shape index (κ2) is 8.46. The molecule has 2 amide bonds. The van der Waals surface area contributed by atoms with Crippen LogP contribution in [0.25, 0.3) is 11.4 Å². The minimum Gasteiger partial charge on any atom is -0.482 e. The van der Waals surface area contributed by atoms with E-state index in [2.05, 4.69) is 21.5 Å². The third-order valence-electron chi connectivity index (χ3n) is 5.21. The molecule has 2 aromatic rings. The topological polar surface area (TPSA) is 97.6 Å². The van der Waals surface area contributed by atoms with E-state index in [4.69, 9.17) is 9.26 Å². The molecule has 1 aromatic heterocycles. The molecule has 0 saturated heterocycles. The van der Waals surface area contributed by atoms with E-state index in [1.807, 2.05) is 6.92 Å². The van der Waals surface area contributed by atoms with Gasteiger partial charge in [0, 0.05) is 18.7 Å². The van der Waals surface area contributed by atoms with Crippen molar-refractivity contribution in [3.63, 3.8) is 0 Å². The molecule has 152 valence electrons. The molecular weight excluding hydrogens is 372 g/mol. The molecule has 1 aromatic carbocycles. The van der Waals surface area contributed by atoms with E-state index in [0.717, 1.165) is 19.3 Å². The maximum Gasteiger partial charge on any atom is 0.316 e. The van der Waals surface area contributed by atoms with Gasteiger partial charge in [0.1, 0.15) is 5.75 Å². The third kappa shape index (κ3) is 4.16. The van der Waals surface area contributed by atoms with Crippen LogP contribution in [0.5, 0.6) is 5.75 Å². The molecule has 8 heteroatoms. The smallest absolute Gasteiger partial charge is 0.316 e. The Labute approximate surface area is 168 Å². The number of benzene rings is 1. The first-order chi connectivity index (χ1) is 14.2. The summed E-state index contributed by atoms with van der Waals surface area (Å²) in [5, 5.41) is 6.75. The van der Waals surface area contributed by atoms with Gasteiger partial charge in [-0.3, -0.25) is 9.59 Å². The standard InChI is InChI=1S/C21H24N4O4/c1-2-25-16-9-8-15(12-17(16)28-13-18(25)26)19-23-21(29-24-19)20(27)22-11-10-14-6-4-3-5-7-14/h6,8-9,12H,2-5,7,10-11,13H2,1H3,(H,22,27). The number of rotatable bonds is 6. The van der Waals surface area contributed by atoms with Crippen molar-refractivity contribution in [2.45, 2.75) is 39.0 Å². The van der Waals surface area contributed by atoms with Gasteiger partial charge in [-0.2, -0.15) is 4.98 Å². The molecule has 2 aliphatic rings. The fourth-order valence-corrected chi connectivity index (χ4v) is 3.67. The summed E-state index contributed by atoms with van der Waals surface area (Å²) in [6, 6.07) is 5.33. The quantitative estimate of drug-likeness (QED) is 0.754. The highest BCUT2D eigenvalue weighted by Crippen LogP contribution is 2.35. The van der Waals surface area contributed by atoms with E-state index < -0.39 is 0 Å². The van der Waals surface area contributed by atoms with E-state index >= 15 is 0 Å². The molecule has 29 heavy (non-hydrogen) atoms. The van der Waals surface area contributed by atoms with Crippen LogP contribution < -0.4 is 15.0 Å². The number of fused-ring (bicyclic) bond motifs is 1. The van der Waals surface area contributed by atoms with Crippen molar-refractivity contribution in [1.82, 2.24) is 15.5 Å². The van der Waals surface area contributed by atoms with E-state index in [0.29, 0.717) is 35.9 Å². The molecular formula is C21H24N4O4. The number of nitrogens with one attached hydrogen (secondary N) is 1. The number of anilines is 1. The van der Waals surface area contributed by atoms with Crippen LogP contribution in [0.1, 0.15) is 49.7 Å². The van der Waals surface area contributed by atoms with Crippen molar-refractivity contribution >= 4 is 17.5 Å². The number of nitrogens with zero attached hydrogens (tertiary/aromatic N) is 3. The number of carbonyl (C=O) groups excluding carboxylic acids is 2. The molecule has 1 aliphatic heterocycles. The molecule has 0 atom stereocenters. The van der Waals surface area contributed by atoms with Gasteiger partial charge >= 0.3 is 11.8 Å². The van der Waals surface area contributed by atoms with Crippen molar-refractivity contribution in [3.05, 3.63) is 35.7 Å². The Bertz CT molecular complexity index is 950. The first-order valence-electron chi connectivity index (χ1n) is 10.0. The Balaban J connectivity index is 1.41. The second-order valence-corrected chi connectivity index (χ2v) is 7.15. The lowest BCUT2D eigenvalue weighted by molar-refractivity contribution is -0.121. The molecule has 1 N–H and O–H groups in total. The maximum atomic E-state index is 12.3. The Morgan fingerprint density at radius 1 is 1.31 bits per heavy atom. The van der Waals surface area contributed by atoms with Gasteiger partial charge in [0.25, 0.3) is 5.91 Å². The van der Waals surface area contributed by atoms with E-state index in [9.17, 15) is 9.59 Å². The van der Waals surface area contributed by atoms with E-state index in [-0.39, 0.29) is 24.3 Å². The average molecular weight is 396 g/mol. The van der Waals surface area contributed by atoms with Crippen molar-refractivity contribution in [1.29, 1.82) is 0 Å².